The third-order valence-corrected chi connectivity index (χ3v) is 5.51. The maximum atomic E-state index is 5.49. The minimum Gasteiger partial charge on any atom is -0.381 e. The maximum Gasteiger partial charge on any atom is 0.191 e. The van der Waals surface area contributed by atoms with Crippen LogP contribution >= 0.6 is 11.8 Å². The van der Waals surface area contributed by atoms with Gasteiger partial charge in [-0.2, -0.15) is 11.8 Å². The smallest absolute Gasteiger partial charge is 0.191 e. The summed E-state index contributed by atoms with van der Waals surface area (Å²) < 4.78 is 5.72. The van der Waals surface area contributed by atoms with Crippen LogP contribution in [0.15, 0.2) is 29.4 Å². The Morgan fingerprint density at radius 2 is 2.17 bits per heavy atom. The van der Waals surface area contributed by atoms with Crippen molar-refractivity contribution in [2.75, 3.05) is 39.1 Å². The highest BCUT2D eigenvalue weighted by Crippen LogP contribution is 2.33. The Morgan fingerprint density at radius 1 is 1.35 bits per heavy atom. The van der Waals surface area contributed by atoms with Gasteiger partial charge in [-0.1, -0.05) is 6.07 Å². The van der Waals surface area contributed by atoms with E-state index in [-0.39, 0.29) is 4.75 Å². The Bertz CT molecular complexity index is 475. The summed E-state index contributed by atoms with van der Waals surface area (Å²) >= 11 is 1.92. The SMILES string of the molecule is CCNC(=NCC1(SC)CCOCC1)NCCc1ccccn1. The van der Waals surface area contributed by atoms with Gasteiger partial charge in [0.2, 0.25) is 0 Å². The summed E-state index contributed by atoms with van der Waals surface area (Å²) in [5, 5.41) is 6.74. The summed E-state index contributed by atoms with van der Waals surface area (Å²) in [5.74, 6) is 0.892. The number of hydrogen-bond donors (Lipinski definition) is 2. The number of aliphatic imine (C=N–C) groups is 1. The van der Waals surface area contributed by atoms with Gasteiger partial charge < -0.3 is 15.4 Å². The molecule has 1 aromatic rings. The van der Waals surface area contributed by atoms with Crippen LogP contribution in [0.3, 0.4) is 0 Å². The first-order valence-electron chi connectivity index (χ1n) is 8.33. The Morgan fingerprint density at radius 3 is 2.83 bits per heavy atom. The predicted molar refractivity (Wildman–Crippen MR) is 98.2 cm³/mol. The standard InChI is InChI=1S/C17H28N4OS/c1-3-18-16(20-11-7-15-6-4-5-10-19-15)21-14-17(23-2)8-12-22-13-9-17/h4-6,10H,3,7-9,11-14H2,1-2H3,(H2,18,20,21). The van der Waals surface area contributed by atoms with Crippen LogP contribution in [0, 0.1) is 0 Å². The molecule has 0 atom stereocenters. The number of nitrogens with zero attached hydrogens (tertiary/aromatic N) is 2. The second-order valence-electron chi connectivity index (χ2n) is 5.69. The molecule has 0 radical (unpaired) electrons. The highest BCUT2D eigenvalue weighted by molar-refractivity contribution is 8.00. The van der Waals surface area contributed by atoms with Crippen molar-refractivity contribution in [1.29, 1.82) is 0 Å². The molecule has 1 aromatic heterocycles. The zero-order chi connectivity index (χ0) is 16.4. The lowest BCUT2D eigenvalue weighted by atomic mass is 9.99. The number of nitrogens with one attached hydrogen (secondary N) is 2. The summed E-state index contributed by atoms with van der Waals surface area (Å²) in [6, 6.07) is 6.02. The van der Waals surface area contributed by atoms with Crippen LogP contribution in [0.4, 0.5) is 0 Å². The van der Waals surface area contributed by atoms with Gasteiger partial charge >= 0.3 is 0 Å². The molecule has 0 amide bonds. The van der Waals surface area contributed by atoms with Crippen LogP contribution in [0.25, 0.3) is 0 Å². The molecule has 0 bridgehead atoms. The van der Waals surface area contributed by atoms with Crippen molar-refractivity contribution >= 4 is 17.7 Å². The maximum absolute atomic E-state index is 5.49. The molecule has 1 aliphatic heterocycles. The molecular weight excluding hydrogens is 308 g/mol. The molecule has 2 heterocycles. The van der Waals surface area contributed by atoms with Gasteiger partial charge in [-0.3, -0.25) is 9.98 Å². The van der Waals surface area contributed by atoms with E-state index in [0.29, 0.717) is 0 Å². The van der Waals surface area contributed by atoms with Gasteiger partial charge in [0.15, 0.2) is 5.96 Å². The number of hydrogen-bond acceptors (Lipinski definition) is 4. The van der Waals surface area contributed by atoms with Crippen molar-refractivity contribution in [3.05, 3.63) is 30.1 Å². The zero-order valence-electron chi connectivity index (χ0n) is 14.2. The molecule has 1 saturated heterocycles. The van der Waals surface area contributed by atoms with Gasteiger partial charge in [0, 0.05) is 49.4 Å². The fourth-order valence-electron chi connectivity index (χ4n) is 2.59. The lowest BCUT2D eigenvalue weighted by Crippen LogP contribution is -2.41. The summed E-state index contributed by atoms with van der Waals surface area (Å²) in [5.41, 5.74) is 1.10. The van der Waals surface area contributed by atoms with E-state index in [1.807, 2.05) is 30.1 Å². The molecule has 0 saturated carbocycles. The molecule has 5 nitrogen and oxygen atoms in total. The lowest BCUT2D eigenvalue weighted by molar-refractivity contribution is 0.0794. The lowest BCUT2D eigenvalue weighted by Gasteiger charge is -2.34. The number of pyridine rings is 1. The first-order chi connectivity index (χ1) is 11.3. The van der Waals surface area contributed by atoms with E-state index in [0.717, 1.165) is 63.8 Å². The van der Waals surface area contributed by atoms with Crippen LogP contribution in [0.2, 0.25) is 0 Å². The molecule has 128 valence electrons. The molecule has 2 N–H and O–H groups in total. The Kier molecular flexibility index (Phi) is 7.68. The molecule has 6 heteroatoms. The number of aromatic nitrogens is 1. The van der Waals surface area contributed by atoms with Crippen molar-refractivity contribution in [3.8, 4) is 0 Å². The summed E-state index contributed by atoms with van der Waals surface area (Å²) in [4.78, 5) is 9.16. The molecule has 0 aromatic carbocycles. The highest BCUT2D eigenvalue weighted by Gasteiger charge is 2.31. The van der Waals surface area contributed by atoms with E-state index in [4.69, 9.17) is 9.73 Å². The molecule has 2 rings (SSSR count). The Labute approximate surface area is 143 Å². The number of ether oxygens (including phenoxy) is 1. The zero-order valence-corrected chi connectivity index (χ0v) is 15.0. The molecule has 1 fully saturated rings. The molecule has 23 heavy (non-hydrogen) atoms. The molecule has 0 spiro atoms. The second-order valence-corrected chi connectivity index (χ2v) is 6.97. The van der Waals surface area contributed by atoms with Gasteiger partial charge in [0.1, 0.15) is 0 Å². The van der Waals surface area contributed by atoms with Crippen molar-refractivity contribution < 1.29 is 4.74 Å². The fraction of sp³-hybridized carbons (Fsp3) is 0.647. The summed E-state index contributed by atoms with van der Waals surface area (Å²) in [6.45, 7) is 6.31. The van der Waals surface area contributed by atoms with Gasteiger partial charge in [-0.05, 0) is 38.2 Å². The van der Waals surface area contributed by atoms with Crippen LogP contribution in [0.1, 0.15) is 25.5 Å². The molecule has 0 unspecified atom stereocenters. The predicted octanol–water partition coefficient (Wildman–Crippen LogP) is 2.09. The average molecular weight is 337 g/mol. The van der Waals surface area contributed by atoms with Crippen molar-refractivity contribution in [2.24, 2.45) is 4.99 Å². The third kappa shape index (κ3) is 6.03. The van der Waals surface area contributed by atoms with Gasteiger partial charge in [0.05, 0.1) is 6.54 Å². The molecular formula is C17H28N4OS. The second kappa shape index (κ2) is 9.78. The minimum absolute atomic E-state index is 0.224. The normalized spacial score (nSPS) is 17.7. The Hall–Kier alpha value is -1.27. The molecule has 1 aliphatic rings. The van der Waals surface area contributed by atoms with E-state index in [9.17, 15) is 0 Å². The van der Waals surface area contributed by atoms with Crippen molar-refractivity contribution in [3.63, 3.8) is 0 Å². The van der Waals surface area contributed by atoms with E-state index in [1.54, 1.807) is 0 Å². The van der Waals surface area contributed by atoms with E-state index >= 15 is 0 Å². The van der Waals surface area contributed by atoms with E-state index < -0.39 is 0 Å². The minimum atomic E-state index is 0.224. The van der Waals surface area contributed by atoms with E-state index in [2.05, 4.69) is 34.9 Å². The van der Waals surface area contributed by atoms with Gasteiger partial charge in [-0.25, -0.2) is 0 Å². The van der Waals surface area contributed by atoms with Crippen LogP contribution < -0.4 is 10.6 Å². The monoisotopic (exact) mass is 336 g/mol. The number of guanidine groups is 1. The van der Waals surface area contributed by atoms with Crippen molar-refractivity contribution in [1.82, 2.24) is 15.6 Å². The quantitative estimate of drug-likeness (QED) is 0.590. The topological polar surface area (TPSA) is 58.5 Å². The van der Waals surface area contributed by atoms with Crippen LogP contribution in [-0.4, -0.2) is 54.8 Å². The number of rotatable bonds is 7. The first-order valence-corrected chi connectivity index (χ1v) is 9.55. The first kappa shape index (κ1) is 18.1. The van der Waals surface area contributed by atoms with Crippen LogP contribution in [0.5, 0.6) is 0 Å². The van der Waals surface area contributed by atoms with Crippen LogP contribution in [-0.2, 0) is 11.2 Å². The summed E-state index contributed by atoms with van der Waals surface area (Å²) in [7, 11) is 0. The Balaban J connectivity index is 1.86. The van der Waals surface area contributed by atoms with Gasteiger partial charge in [-0.15, -0.1) is 0 Å². The van der Waals surface area contributed by atoms with Crippen molar-refractivity contribution in [2.45, 2.75) is 30.9 Å². The third-order valence-electron chi connectivity index (χ3n) is 4.11. The largest absolute Gasteiger partial charge is 0.381 e. The summed E-state index contributed by atoms with van der Waals surface area (Å²) in [6.07, 6.45) is 7.06. The van der Waals surface area contributed by atoms with Gasteiger partial charge in [0.25, 0.3) is 0 Å². The molecule has 0 aliphatic carbocycles. The number of thioether (sulfide) groups is 1. The average Bonchev–Trinajstić information content (AvgIpc) is 2.61. The van der Waals surface area contributed by atoms with E-state index in [1.165, 1.54) is 0 Å². The highest BCUT2D eigenvalue weighted by atomic mass is 32.2. The fourth-order valence-corrected chi connectivity index (χ4v) is 3.36.